The SMILES string of the molecule is Cl.O=C(NC1CC2CCC(C1)N2)c1ccc2c(c1)CCCC2. The predicted molar refractivity (Wildman–Crippen MR) is 90.8 cm³/mol. The van der Waals surface area contributed by atoms with Crippen molar-refractivity contribution in [3.05, 3.63) is 34.9 Å². The fourth-order valence-electron chi connectivity index (χ4n) is 4.32. The minimum absolute atomic E-state index is 0. The van der Waals surface area contributed by atoms with Gasteiger partial charge in [0.05, 0.1) is 0 Å². The van der Waals surface area contributed by atoms with E-state index >= 15 is 0 Å². The predicted octanol–water partition coefficient (Wildman–Crippen LogP) is 3.00. The standard InChI is InChI=1S/C18H24N2O.ClH/c21-18(20-17-10-15-7-8-16(11-17)19-15)14-6-5-12-3-1-2-4-13(12)9-14;/h5-6,9,15-17,19H,1-4,7-8,10-11H2,(H,20,21);1H. The molecule has 2 atom stereocenters. The molecule has 1 amide bonds. The van der Waals surface area contributed by atoms with Crippen molar-refractivity contribution in [1.82, 2.24) is 10.6 Å². The van der Waals surface area contributed by atoms with Crippen molar-refractivity contribution in [3.63, 3.8) is 0 Å². The lowest BCUT2D eigenvalue weighted by atomic mass is 9.90. The summed E-state index contributed by atoms with van der Waals surface area (Å²) in [5, 5.41) is 6.89. The second kappa shape index (κ2) is 6.59. The quantitative estimate of drug-likeness (QED) is 0.879. The van der Waals surface area contributed by atoms with Crippen LogP contribution >= 0.6 is 12.4 Å². The zero-order valence-corrected chi connectivity index (χ0v) is 13.8. The van der Waals surface area contributed by atoms with E-state index in [4.69, 9.17) is 0 Å². The molecule has 2 bridgehead atoms. The Morgan fingerprint density at radius 2 is 1.73 bits per heavy atom. The van der Waals surface area contributed by atoms with Gasteiger partial charge in [0.2, 0.25) is 0 Å². The van der Waals surface area contributed by atoms with Crippen LogP contribution in [0.25, 0.3) is 0 Å². The summed E-state index contributed by atoms with van der Waals surface area (Å²) in [6.07, 6.45) is 9.58. The van der Waals surface area contributed by atoms with Gasteiger partial charge in [-0.3, -0.25) is 4.79 Å². The maximum Gasteiger partial charge on any atom is 0.251 e. The Hall–Kier alpha value is -1.06. The van der Waals surface area contributed by atoms with E-state index in [1.807, 2.05) is 6.07 Å². The van der Waals surface area contributed by atoms with Crippen LogP contribution in [0.4, 0.5) is 0 Å². The smallest absolute Gasteiger partial charge is 0.251 e. The van der Waals surface area contributed by atoms with Gasteiger partial charge < -0.3 is 10.6 Å². The number of aryl methyl sites for hydroxylation is 2. The van der Waals surface area contributed by atoms with Crippen molar-refractivity contribution in [2.45, 2.75) is 69.5 Å². The van der Waals surface area contributed by atoms with Crippen LogP contribution < -0.4 is 10.6 Å². The molecule has 120 valence electrons. The van der Waals surface area contributed by atoms with Crippen LogP contribution in [0.1, 0.15) is 60.0 Å². The first-order chi connectivity index (χ1) is 10.3. The summed E-state index contributed by atoms with van der Waals surface area (Å²) in [6, 6.07) is 7.90. The van der Waals surface area contributed by atoms with E-state index in [-0.39, 0.29) is 18.3 Å². The molecule has 4 heteroatoms. The summed E-state index contributed by atoms with van der Waals surface area (Å²) in [4.78, 5) is 12.5. The molecule has 2 aliphatic heterocycles. The van der Waals surface area contributed by atoms with Crippen LogP contribution in [-0.4, -0.2) is 24.0 Å². The second-order valence-corrected chi connectivity index (χ2v) is 6.97. The number of amides is 1. The first-order valence-electron chi connectivity index (χ1n) is 8.46. The highest BCUT2D eigenvalue weighted by molar-refractivity contribution is 5.94. The van der Waals surface area contributed by atoms with Crippen molar-refractivity contribution in [2.24, 2.45) is 0 Å². The highest BCUT2D eigenvalue weighted by Crippen LogP contribution is 2.27. The molecule has 2 unspecified atom stereocenters. The molecule has 22 heavy (non-hydrogen) atoms. The third kappa shape index (κ3) is 3.16. The van der Waals surface area contributed by atoms with Crippen molar-refractivity contribution < 1.29 is 4.79 Å². The molecule has 1 aliphatic carbocycles. The van der Waals surface area contributed by atoms with Crippen molar-refractivity contribution in [1.29, 1.82) is 0 Å². The molecular formula is C18H25ClN2O. The third-order valence-corrected chi connectivity index (χ3v) is 5.42. The van der Waals surface area contributed by atoms with Crippen LogP contribution in [0.3, 0.4) is 0 Å². The van der Waals surface area contributed by atoms with E-state index in [0.717, 1.165) is 24.8 Å². The molecular weight excluding hydrogens is 296 g/mol. The Morgan fingerprint density at radius 1 is 1.05 bits per heavy atom. The average molecular weight is 321 g/mol. The van der Waals surface area contributed by atoms with Crippen LogP contribution in [0.5, 0.6) is 0 Å². The summed E-state index contributed by atoms with van der Waals surface area (Å²) < 4.78 is 0. The first kappa shape index (κ1) is 15.8. The van der Waals surface area contributed by atoms with Gasteiger partial charge in [-0.25, -0.2) is 0 Å². The van der Waals surface area contributed by atoms with E-state index in [2.05, 4.69) is 22.8 Å². The number of rotatable bonds is 2. The molecule has 2 fully saturated rings. The third-order valence-electron chi connectivity index (χ3n) is 5.42. The van der Waals surface area contributed by atoms with Crippen molar-refractivity contribution >= 4 is 18.3 Å². The van der Waals surface area contributed by atoms with Gasteiger partial charge in [-0.1, -0.05) is 6.07 Å². The van der Waals surface area contributed by atoms with Gasteiger partial charge in [-0.2, -0.15) is 0 Å². The largest absolute Gasteiger partial charge is 0.349 e. The minimum Gasteiger partial charge on any atom is -0.349 e. The number of nitrogens with one attached hydrogen (secondary N) is 2. The maximum absolute atomic E-state index is 12.5. The molecule has 3 nitrogen and oxygen atoms in total. The maximum atomic E-state index is 12.5. The van der Waals surface area contributed by atoms with Gasteiger partial charge in [-0.05, 0) is 74.6 Å². The molecule has 0 saturated carbocycles. The van der Waals surface area contributed by atoms with E-state index in [1.54, 1.807) is 0 Å². The number of piperidine rings is 1. The number of hydrogen-bond acceptors (Lipinski definition) is 2. The van der Waals surface area contributed by atoms with Crippen LogP contribution in [-0.2, 0) is 12.8 Å². The van der Waals surface area contributed by atoms with Crippen LogP contribution in [0, 0.1) is 0 Å². The minimum atomic E-state index is 0. The Labute approximate surface area is 138 Å². The van der Waals surface area contributed by atoms with E-state index in [1.165, 1.54) is 43.2 Å². The van der Waals surface area contributed by atoms with Gasteiger partial charge >= 0.3 is 0 Å². The van der Waals surface area contributed by atoms with Gasteiger partial charge in [0, 0.05) is 23.7 Å². The zero-order chi connectivity index (χ0) is 14.2. The Kier molecular flexibility index (Phi) is 4.74. The number of fused-ring (bicyclic) bond motifs is 3. The highest BCUT2D eigenvalue weighted by Gasteiger charge is 2.34. The summed E-state index contributed by atoms with van der Waals surface area (Å²) in [5.74, 6) is 0.120. The van der Waals surface area contributed by atoms with Gasteiger partial charge in [-0.15, -0.1) is 12.4 Å². The summed E-state index contributed by atoms with van der Waals surface area (Å²) in [5.41, 5.74) is 3.68. The lowest BCUT2D eigenvalue weighted by molar-refractivity contribution is 0.0924. The average Bonchev–Trinajstić information content (AvgIpc) is 2.85. The summed E-state index contributed by atoms with van der Waals surface area (Å²) in [7, 11) is 0. The summed E-state index contributed by atoms with van der Waals surface area (Å²) >= 11 is 0. The first-order valence-corrected chi connectivity index (χ1v) is 8.46. The lowest BCUT2D eigenvalue weighted by Crippen LogP contribution is -2.48. The van der Waals surface area contributed by atoms with E-state index in [0.29, 0.717) is 18.1 Å². The molecule has 0 radical (unpaired) electrons. The summed E-state index contributed by atoms with van der Waals surface area (Å²) in [6.45, 7) is 0. The topological polar surface area (TPSA) is 41.1 Å². The molecule has 2 N–H and O–H groups in total. The zero-order valence-electron chi connectivity index (χ0n) is 12.9. The molecule has 0 aromatic heterocycles. The van der Waals surface area contributed by atoms with Crippen molar-refractivity contribution in [3.8, 4) is 0 Å². The molecule has 1 aromatic carbocycles. The fourth-order valence-corrected chi connectivity index (χ4v) is 4.32. The molecule has 1 aromatic rings. The van der Waals surface area contributed by atoms with Gasteiger partial charge in [0.25, 0.3) is 5.91 Å². The van der Waals surface area contributed by atoms with E-state index < -0.39 is 0 Å². The Bertz CT molecular complexity index is 548. The number of benzene rings is 1. The Morgan fingerprint density at radius 3 is 2.45 bits per heavy atom. The Balaban J connectivity index is 0.00000144. The normalized spacial score (nSPS) is 29.4. The van der Waals surface area contributed by atoms with Crippen LogP contribution in [0.2, 0.25) is 0 Å². The number of carbonyl (C=O) groups is 1. The molecule has 2 heterocycles. The number of halogens is 1. The lowest BCUT2D eigenvalue weighted by Gasteiger charge is -2.29. The van der Waals surface area contributed by atoms with Gasteiger partial charge in [0.1, 0.15) is 0 Å². The molecule has 3 aliphatic rings. The number of hydrogen-bond donors (Lipinski definition) is 2. The second-order valence-electron chi connectivity index (χ2n) is 6.97. The van der Waals surface area contributed by atoms with Crippen molar-refractivity contribution in [2.75, 3.05) is 0 Å². The molecule has 2 saturated heterocycles. The highest BCUT2D eigenvalue weighted by atomic mass is 35.5. The fraction of sp³-hybridized carbons (Fsp3) is 0.611. The number of carbonyl (C=O) groups excluding carboxylic acids is 1. The molecule has 4 rings (SSSR count). The van der Waals surface area contributed by atoms with E-state index in [9.17, 15) is 4.79 Å². The van der Waals surface area contributed by atoms with Crippen LogP contribution in [0.15, 0.2) is 18.2 Å². The molecule has 0 spiro atoms. The van der Waals surface area contributed by atoms with Gasteiger partial charge in [0.15, 0.2) is 0 Å². The monoisotopic (exact) mass is 320 g/mol.